The Hall–Kier alpha value is -2.22. The molecule has 1 amide bonds. The van der Waals surface area contributed by atoms with Crippen LogP contribution in [-0.4, -0.2) is 36.4 Å². The molecule has 0 saturated carbocycles. The summed E-state index contributed by atoms with van der Waals surface area (Å²) in [4.78, 5) is 11.9. The van der Waals surface area contributed by atoms with E-state index in [4.69, 9.17) is 0 Å². The van der Waals surface area contributed by atoms with Crippen LogP contribution >= 0.6 is 0 Å². The van der Waals surface area contributed by atoms with Crippen LogP contribution in [-0.2, 0) is 9.84 Å². The molecule has 0 radical (unpaired) electrons. The van der Waals surface area contributed by atoms with Crippen molar-refractivity contribution in [3.63, 3.8) is 0 Å². The Bertz CT molecular complexity index is 783. The second kappa shape index (κ2) is 6.91. The molecule has 0 bridgehead atoms. The van der Waals surface area contributed by atoms with Crippen molar-refractivity contribution in [2.75, 3.05) is 12.3 Å². The van der Waals surface area contributed by atoms with Crippen LogP contribution < -0.4 is 5.32 Å². The molecule has 0 aliphatic heterocycles. The van der Waals surface area contributed by atoms with Crippen LogP contribution in [0.4, 0.5) is 4.39 Å². The zero-order valence-corrected chi connectivity index (χ0v) is 13.7. The average Bonchev–Trinajstić information content (AvgIpc) is 2.97. The van der Waals surface area contributed by atoms with Gasteiger partial charge in [0.25, 0.3) is 5.91 Å². The Morgan fingerprint density at radius 1 is 1.26 bits per heavy atom. The normalized spacial score (nSPS) is 11.7. The smallest absolute Gasteiger partial charge is 0.271 e. The van der Waals surface area contributed by atoms with Gasteiger partial charge in [0, 0.05) is 18.8 Å². The number of benzene rings is 1. The third kappa shape index (κ3) is 4.38. The van der Waals surface area contributed by atoms with Crippen LogP contribution in [0.25, 0.3) is 0 Å². The highest BCUT2D eigenvalue weighted by atomic mass is 32.2. The number of carbonyl (C=O) groups excluding carboxylic acids is 1. The molecule has 23 heavy (non-hydrogen) atoms. The van der Waals surface area contributed by atoms with E-state index in [0.29, 0.717) is 0 Å². The van der Waals surface area contributed by atoms with Gasteiger partial charge in [0.05, 0.1) is 10.6 Å². The molecule has 0 atom stereocenters. The maximum absolute atomic E-state index is 12.8. The monoisotopic (exact) mass is 339 g/mol. The van der Waals surface area contributed by atoms with Crippen LogP contribution in [0.5, 0.6) is 0 Å². The first-order valence-corrected chi connectivity index (χ1v) is 8.76. The highest BCUT2D eigenvalue weighted by Crippen LogP contribution is 2.11. The van der Waals surface area contributed by atoms with E-state index in [1.165, 1.54) is 12.1 Å². The summed E-state index contributed by atoms with van der Waals surface area (Å²) >= 11 is 0. The molecule has 1 heterocycles. The third-order valence-electron chi connectivity index (χ3n) is 3.20. The largest absolute Gasteiger partial charge is 0.350 e. The van der Waals surface area contributed by atoms with E-state index in [1.807, 2.05) is 13.8 Å². The van der Waals surface area contributed by atoms with Gasteiger partial charge in [-0.2, -0.15) is 5.10 Å². The fourth-order valence-corrected chi connectivity index (χ4v) is 3.05. The SMILES string of the molecule is CC(C)n1ccc(C(=O)NCCS(=O)(=O)c2ccc(F)cc2)n1. The van der Waals surface area contributed by atoms with Gasteiger partial charge in [-0.25, -0.2) is 12.8 Å². The van der Waals surface area contributed by atoms with Crippen LogP contribution in [0.15, 0.2) is 41.4 Å². The standard InChI is InChI=1S/C15H18FN3O3S/c1-11(2)19-9-7-14(18-19)15(20)17-8-10-23(21,22)13-5-3-12(16)4-6-13/h3-7,9,11H,8,10H2,1-2H3,(H,17,20). The molecule has 0 aliphatic rings. The van der Waals surface area contributed by atoms with Crippen LogP contribution in [0.2, 0.25) is 0 Å². The summed E-state index contributed by atoms with van der Waals surface area (Å²) in [5.41, 5.74) is 0.234. The number of hydrogen-bond acceptors (Lipinski definition) is 4. The minimum Gasteiger partial charge on any atom is -0.350 e. The summed E-state index contributed by atoms with van der Waals surface area (Å²) in [5.74, 6) is -1.20. The van der Waals surface area contributed by atoms with Gasteiger partial charge in [0.15, 0.2) is 9.84 Å². The maximum atomic E-state index is 12.8. The summed E-state index contributed by atoms with van der Waals surface area (Å²) < 4.78 is 38.6. The Balaban J connectivity index is 1.93. The highest BCUT2D eigenvalue weighted by Gasteiger charge is 2.16. The molecule has 0 saturated heterocycles. The van der Waals surface area contributed by atoms with E-state index in [9.17, 15) is 17.6 Å². The highest BCUT2D eigenvalue weighted by molar-refractivity contribution is 7.91. The Kier molecular flexibility index (Phi) is 5.15. The number of nitrogens with one attached hydrogen (secondary N) is 1. The van der Waals surface area contributed by atoms with Gasteiger partial charge in [0.2, 0.25) is 0 Å². The Morgan fingerprint density at radius 3 is 2.48 bits per heavy atom. The van der Waals surface area contributed by atoms with Crippen molar-refractivity contribution in [1.29, 1.82) is 0 Å². The average molecular weight is 339 g/mol. The van der Waals surface area contributed by atoms with E-state index in [1.54, 1.807) is 16.9 Å². The fourth-order valence-electron chi connectivity index (χ4n) is 1.90. The third-order valence-corrected chi connectivity index (χ3v) is 4.93. The van der Waals surface area contributed by atoms with Gasteiger partial charge in [-0.05, 0) is 44.2 Å². The van der Waals surface area contributed by atoms with Crippen LogP contribution in [0, 0.1) is 5.82 Å². The molecular formula is C15H18FN3O3S. The van der Waals surface area contributed by atoms with Crippen molar-refractivity contribution in [3.8, 4) is 0 Å². The molecule has 8 heteroatoms. The van der Waals surface area contributed by atoms with Crippen molar-refractivity contribution in [3.05, 3.63) is 48.0 Å². The molecule has 2 rings (SSSR count). The topological polar surface area (TPSA) is 81.1 Å². The fraction of sp³-hybridized carbons (Fsp3) is 0.333. The van der Waals surface area contributed by atoms with Gasteiger partial charge in [-0.15, -0.1) is 0 Å². The molecule has 0 fully saturated rings. The zero-order chi connectivity index (χ0) is 17.0. The molecule has 124 valence electrons. The number of amides is 1. The van der Waals surface area contributed by atoms with Crippen LogP contribution in [0.1, 0.15) is 30.4 Å². The van der Waals surface area contributed by atoms with Crippen molar-refractivity contribution in [2.45, 2.75) is 24.8 Å². The van der Waals surface area contributed by atoms with Gasteiger partial charge < -0.3 is 5.32 Å². The summed E-state index contributed by atoms with van der Waals surface area (Å²) in [6.45, 7) is 3.82. The second-order valence-corrected chi connectivity index (χ2v) is 7.41. The first-order valence-electron chi connectivity index (χ1n) is 7.11. The first kappa shape index (κ1) is 17.1. The van der Waals surface area contributed by atoms with Crippen LogP contribution in [0.3, 0.4) is 0 Å². The second-order valence-electron chi connectivity index (χ2n) is 5.30. The molecule has 0 spiro atoms. The Labute approximate surface area is 134 Å². The minimum atomic E-state index is -3.57. The van der Waals surface area contributed by atoms with E-state index in [2.05, 4.69) is 10.4 Å². The van der Waals surface area contributed by atoms with Gasteiger partial charge in [-0.1, -0.05) is 0 Å². The molecule has 1 aromatic carbocycles. The van der Waals surface area contributed by atoms with Crippen molar-refractivity contribution >= 4 is 15.7 Å². The van der Waals surface area contributed by atoms with E-state index in [-0.39, 0.29) is 28.9 Å². The summed E-state index contributed by atoms with van der Waals surface area (Å²) in [6.07, 6.45) is 1.69. The number of rotatable bonds is 6. The summed E-state index contributed by atoms with van der Waals surface area (Å²) in [6, 6.07) is 6.29. The molecule has 1 aromatic heterocycles. The van der Waals surface area contributed by atoms with Crippen molar-refractivity contribution < 1.29 is 17.6 Å². The molecule has 0 unspecified atom stereocenters. The Morgan fingerprint density at radius 2 is 1.91 bits per heavy atom. The molecule has 1 N–H and O–H groups in total. The molecule has 0 aliphatic carbocycles. The predicted octanol–water partition coefficient (Wildman–Crippen LogP) is 1.81. The number of halogens is 1. The molecular weight excluding hydrogens is 321 g/mol. The first-order chi connectivity index (χ1) is 10.8. The van der Waals surface area contributed by atoms with Crippen molar-refractivity contribution in [2.24, 2.45) is 0 Å². The van der Waals surface area contributed by atoms with Gasteiger partial charge in [-0.3, -0.25) is 9.48 Å². The summed E-state index contributed by atoms with van der Waals surface area (Å²) in [7, 11) is -3.57. The number of nitrogens with zero attached hydrogens (tertiary/aromatic N) is 2. The van der Waals surface area contributed by atoms with Gasteiger partial charge >= 0.3 is 0 Å². The van der Waals surface area contributed by atoms with E-state index < -0.39 is 21.6 Å². The van der Waals surface area contributed by atoms with Crippen molar-refractivity contribution in [1.82, 2.24) is 15.1 Å². The zero-order valence-electron chi connectivity index (χ0n) is 12.9. The number of hydrogen-bond donors (Lipinski definition) is 1. The number of carbonyl (C=O) groups is 1. The maximum Gasteiger partial charge on any atom is 0.271 e. The molecule has 2 aromatic rings. The van der Waals surface area contributed by atoms with E-state index in [0.717, 1.165) is 12.1 Å². The summed E-state index contributed by atoms with van der Waals surface area (Å²) in [5, 5.41) is 6.63. The quantitative estimate of drug-likeness (QED) is 0.814. The lowest BCUT2D eigenvalue weighted by Gasteiger charge is -2.06. The van der Waals surface area contributed by atoms with Gasteiger partial charge in [0.1, 0.15) is 11.5 Å². The lowest BCUT2D eigenvalue weighted by Crippen LogP contribution is -2.29. The predicted molar refractivity (Wildman–Crippen MR) is 83.4 cm³/mol. The molecule has 6 nitrogen and oxygen atoms in total. The number of aromatic nitrogens is 2. The minimum absolute atomic E-state index is 0.0252. The van der Waals surface area contributed by atoms with E-state index >= 15 is 0 Å². The number of sulfone groups is 1. The lowest BCUT2D eigenvalue weighted by molar-refractivity contribution is 0.0950. The lowest BCUT2D eigenvalue weighted by atomic mass is 10.4.